The van der Waals surface area contributed by atoms with Crippen molar-refractivity contribution < 1.29 is 9.53 Å². The van der Waals surface area contributed by atoms with Gasteiger partial charge in [-0.25, -0.2) is 0 Å². The second-order valence-electron chi connectivity index (χ2n) is 4.03. The van der Waals surface area contributed by atoms with E-state index < -0.39 is 0 Å². The molecule has 4 nitrogen and oxygen atoms in total. The van der Waals surface area contributed by atoms with Crippen LogP contribution in [-0.2, 0) is 9.53 Å². The Morgan fingerprint density at radius 1 is 1.50 bits per heavy atom. The molecule has 1 saturated heterocycles. The molecule has 1 N–H and O–H groups in total. The van der Waals surface area contributed by atoms with Crippen LogP contribution in [0.5, 0.6) is 0 Å². The summed E-state index contributed by atoms with van der Waals surface area (Å²) in [6.07, 6.45) is 2.37. The average molecular weight is 198 g/mol. The molecule has 0 bridgehead atoms. The Morgan fingerprint density at radius 2 is 2.21 bits per heavy atom. The average Bonchev–Trinajstić information content (AvgIpc) is 2.87. The van der Waals surface area contributed by atoms with E-state index >= 15 is 0 Å². The molecule has 0 radical (unpaired) electrons. The van der Waals surface area contributed by atoms with Crippen molar-refractivity contribution in [1.29, 1.82) is 0 Å². The first-order valence-corrected chi connectivity index (χ1v) is 5.42. The van der Waals surface area contributed by atoms with Gasteiger partial charge < -0.3 is 15.0 Å². The summed E-state index contributed by atoms with van der Waals surface area (Å²) >= 11 is 0. The minimum absolute atomic E-state index is 0.238. The Bertz CT molecular complexity index is 212. The van der Waals surface area contributed by atoms with Gasteiger partial charge in [-0.3, -0.25) is 4.79 Å². The third-order valence-electron chi connectivity index (χ3n) is 2.83. The second kappa shape index (κ2) is 4.28. The molecule has 0 atom stereocenters. The summed E-state index contributed by atoms with van der Waals surface area (Å²) in [6, 6.07) is 0.934. The van der Waals surface area contributed by atoms with Crippen molar-refractivity contribution in [2.45, 2.75) is 31.8 Å². The Morgan fingerprint density at radius 3 is 2.64 bits per heavy atom. The van der Waals surface area contributed by atoms with Gasteiger partial charge in [-0.1, -0.05) is 0 Å². The van der Waals surface area contributed by atoms with E-state index in [0.717, 1.165) is 19.8 Å². The molecule has 2 rings (SSSR count). The molecule has 14 heavy (non-hydrogen) atoms. The second-order valence-corrected chi connectivity index (χ2v) is 4.03. The number of hydrogen-bond donors (Lipinski definition) is 1. The molecule has 0 aromatic heterocycles. The molecule has 1 amide bonds. The summed E-state index contributed by atoms with van der Waals surface area (Å²) in [4.78, 5) is 13.7. The van der Waals surface area contributed by atoms with Crippen LogP contribution in [0, 0.1) is 0 Å². The molecule has 0 spiro atoms. The zero-order valence-electron chi connectivity index (χ0n) is 8.66. The van der Waals surface area contributed by atoms with Crippen molar-refractivity contribution in [1.82, 2.24) is 10.2 Å². The quantitative estimate of drug-likeness (QED) is 0.675. The van der Waals surface area contributed by atoms with E-state index in [0.29, 0.717) is 18.6 Å². The number of carbonyl (C=O) groups is 1. The number of rotatable bonds is 5. The molecule has 2 aliphatic rings. The molecule has 1 aliphatic heterocycles. The molecule has 0 aromatic rings. The highest BCUT2D eigenvalue weighted by molar-refractivity contribution is 5.78. The van der Waals surface area contributed by atoms with Gasteiger partial charge >= 0.3 is 0 Å². The molecule has 1 aliphatic carbocycles. The summed E-state index contributed by atoms with van der Waals surface area (Å²) in [5, 5.41) is 3.20. The van der Waals surface area contributed by atoms with Gasteiger partial charge in [0.25, 0.3) is 0 Å². The number of hydrogen-bond acceptors (Lipinski definition) is 3. The first-order valence-electron chi connectivity index (χ1n) is 5.42. The van der Waals surface area contributed by atoms with E-state index in [4.69, 9.17) is 4.74 Å². The SMILES string of the molecule is CCN(C(=O)CNC1COC1)C1CC1. The normalized spacial score (nSPS) is 21.8. The molecule has 4 heteroatoms. The van der Waals surface area contributed by atoms with Gasteiger partial charge in [0.1, 0.15) is 0 Å². The summed E-state index contributed by atoms with van der Waals surface area (Å²) in [7, 11) is 0. The fraction of sp³-hybridized carbons (Fsp3) is 0.900. The molecular weight excluding hydrogens is 180 g/mol. The van der Waals surface area contributed by atoms with E-state index in [-0.39, 0.29) is 5.91 Å². The van der Waals surface area contributed by atoms with Gasteiger partial charge in [-0.05, 0) is 19.8 Å². The summed E-state index contributed by atoms with van der Waals surface area (Å²) in [5.74, 6) is 0.238. The predicted molar refractivity (Wildman–Crippen MR) is 53.0 cm³/mol. The van der Waals surface area contributed by atoms with Crippen molar-refractivity contribution >= 4 is 5.91 Å². The maximum atomic E-state index is 11.7. The smallest absolute Gasteiger partial charge is 0.236 e. The lowest BCUT2D eigenvalue weighted by atomic mass is 10.2. The van der Waals surface area contributed by atoms with E-state index in [1.54, 1.807) is 0 Å². The largest absolute Gasteiger partial charge is 0.378 e. The lowest BCUT2D eigenvalue weighted by molar-refractivity contribution is -0.131. The first-order chi connectivity index (χ1) is 6.81. The molecule has 1 heterocycles. The van der Waals surface area contributed by atoms with Crippen LogP contribution in [0.25, 0.3) is 0 Å². The van der Waals surface area contributed by atoms with E-state index in [9.17, 15) is 4.79 Å². The summed E-state index contributed by atoms with van der Waals surface area (Å²) < 4.78 is 5.03. The van der Waals surface area contributed by atoms with Gasteiger partial charge in [0.05, 0.1) is 25.8 Å². The first kappa shape index (κ1) is 9.93. The maximum absolute atomic E-state index is 11.7. The fourth-order valence-corrected chi connectivity index (χ4v) is 1.71. The Hall–Kier alpha value is -0.610. The number of nitrogens with zero attached hydrogens (tertiary/aromatic N) is 1. The summed E-state index contributed by atoms with van der Waals surface area (Å²) in [5.41, 5.74) is 0. The number of ether oxygens (including phenoxy) is 1. The Balaban J connectivity index is 1.69. The summed E-state index contributed by atoms with van der Waals surface area (Å²) in [6.45, 7) is 4.86. The third kappa shape index (κ3) is 2.25. The Labute approximate surface area is 84.6 Å². The van der Waals surface area contributed by atoms with Crippen molar-refractivity contribution in [2.75, 3.05) is 26.3 Å². The van der Waals surface area contributed by atoms with E-state index in [2.05, 4.69) is 5.32 Å². The van der Waals surface area contributed by atoms with Crippen molar-refractivity contribution in [3.8, 4) is 0 Å². The molecule has 0 unspecified atom stereocenters. The van der Waals surface area contributed by atoms with Crippen LogP contribution in [0.15, 0.2) is 0 Å². The molecule has 1 saturated carbocycles. The predicted octanol–water partition coefficient (Wildman–Crippen LogP) is -0.0143. The van der Waals surface area contributed by atoms with Crippen LogP contribution in [-0.4, -0.2) is 49.2 Å². The van der Waals surface area contributed by atoms with Crippen LogP contribution in [0.1, 0.15) is 19.8 Å². The molecule has 80 valence electrons. The number of nitrogens with one attached hydrogen (secondary N) is 1. The highest BCUT2D eigenvalue weighted by Crippen LogP contribution is 2.26. The maximum Gasteiger partial charge on any atom is 0.236 e. The van der Waals surface area contributed by atoms with Gasteiger partial charge in [0, 0.05) is 12.6 Å². The van der Waals surface area contributed by atoms with Gasteiger partial charge in [-0.2, -0.15) is 0 Å². The molecular formula is C10H18N2O2. The zero-order chi connectivity index (χ0) is 9.97. The lowest BCUT2D eigenvalue weighted by Crippen LogP contribution is -2.50. The minimum atomic E-state index is 0.238. The monoisotopic (exact) mass is 198 g/mol. The minimum Gasteiger partial charge on any atom is -0.378 e. The zero-order valence-corrected chi connectivity index (χ0v) is 8.66. The molecule has 0 aromatic carbocycles. The number of carbonyl (C=O) groups excluding carboxylic acids is 1. The highest BCUT2D eigenvalue weighted by atomic mass is 16.5. The van der Waals surface area contributed by atoms with Crippen molar-refractivity contribution in [3.05, 3.63) is 0 Å². The molecule has 2 fully saturated rings. The fourth-order valence-electron chi connectivity index (χ4n) is 1.71. The van der Waals surface area contributed by atoms with Gasteiger partial charge in [0.15, 0.2) is 0 Å². The number of likely N-dealkylation sites (N-methyl/N-ethyl adjacent to an activating group) is 1. The van der Waals surface area contributed by atoms with Crippen molar-refractivity contribution in [3.63, 3.8) is 0 Å². The van der Waals surface area contributed by atoms with Crippen molar-refractivity contribution in [2.24, 2.45) is 0 Å². The third-order valence-corrected chi connectivity index (χ3v) is 2.83. The van der Waals surface area contributed by atoms with Gasteiger partial charge in [0.2, 0.25) is 5.91 Å². The van der Waals surface area contributed by atoms with Crippen LogP contribution in [0.4, 0.5) is 0 Å². The van der Waals surface area contributed by atoms with Crippen LogP contribution in [0.3, 0.4) is 0 Å². The highest BCUT2D eigenvalue weighted by Gasteiger charge is 2.31. The van der Waals surface area contributed by atoms with Gasteiger partial charge in [-0.15, -0.1) is 0 Å². The van der Waals surface area contributed by atoms with E-state index in [1.165, 1.54) is 12.8 Å². The Kier molecular flexibility index (Phi) is 3.03. The number of amides is 1. The standard InChI is InChI=1S/C10H18N2O2/c1-2-12(9-3-4-9)10(13)5-11-8-6-14-7-8/h8-9,11H,2-7H2,1H3. The van der Waals surface area contributed by atoms with Crippen LogP contribution in [0.2, 0.25) is 0 Å². The topological polar surface area (TPSA) is 41.6 Å². The lowest BCUT2D eigenvalue weighted by Gasteiger charge is -2.28. The van der Waals surface area contributed by atoms with Crippen LogP contribution < -0.4 is 5.32 Å². The van der Waals surface area contributed by atoms with E-state index in [1.807, 2.05) is 11.8 Å². The van der Waals surface area contributed by atoms with Crippen LogP contribution >= 0.6 is 0 Å².